The smallest absolute Gasteiger partial charge is 0.125 e. The van der Waals surface area contributed by atoms with Crippen LogP contribution in [0.25, 0.3) is 0 Å². The van der Waals surface area contributed by atoms with Gasteiger partial charge in [-0.1, -0.05) is 0 Å². The quantitative estimate of drug-likeness (QED) is 0.533. The van der Waals surface area contributed by atoms with Gasteiger partial charge in [0.25, 0.3) is 0 Å². The number of pyridine rings is 1. The third-order valence-corrected chi connectivity index (χ3v) is 1.65. The molecule has 0 saturated carbocycles. The fourth-order valence-electron chi connectivity index (χ4n) is 0.997. The molecule has 0 aliphatic heterocycles. The van der Waals surface area contributed by atoms with Crippen LogP contribution in [0.1, 0.15) is 12.1 Å². The van der Waals surface area contributed by atoms with Gasteiger partial charge in [0.2, 0.25) is 0 Å². The Bertz CT molecular complexity index is 288. The fraction of sp³-hybridized carbons (Fsp3) is 0.400. The second-order valence-corrected chi connectivity index (χ2v) is 2.78. The Labute approximate surface area is 82.5 Å². The lowest BCUT2D eigenvalue weighted by Gasteiger charge is -2.05. The van der Waals surface area contributed by atoms with E-state index in [1.54, 1.807) is 18.3 Å². The van der Waals surface area contributed by atoms with E-state index in [1.165, 1.54) is 0 Å². The van der Waals surface area contributed by atoms with Crippen LogP contribution in [-0.4, -0.2) is 29.6 Å². The first-order valence-electron chi connectivity index (χ1n) is 4.49. The lowest BCUT2D eigenvalue weighted by molar-refractivity contribution is -0.107. The van der Waals surface area contributed by atoms with Gasteiger partial charge in [0.15, 0.2) is 0 Å². The maximum atomic E-state index is 10.2. The van der Waals surface area contributed by atoms with E-state index >= 15 is 0 Å². The Morgan fingerprint density at radius 2 is 2.43 bits per heavy atom. The van der Waals surface area contributed by atoms with Gasteiger partial charge in [-0.2, -0.15) is 0 Å². The van der Waals surface area contributed by atoms with E-state index in [1.807, 2.05) is 0 Å². The average Bonchev–Trinajstić information content (AvgIpc) is 2.19. The molecule has 76 valence electrons. The molecule has 1 heterocycles. The van der Waals surface area contributed by atoms with Crippen molar-refractivity contribution in [2.24, 2.45) is 0 Å². The number of rotatable bonds is 6. The molecule has 0 atom stereocenters. The summed E-state index contributed by atoms with van der Waals surface area (Å²) < 4.78 is 5.32. The number of aliphatic hydroxyl groups excluding tert-OH is 1. The average molecular weight is 195 g/mol. The second kappa shape index (κ2) is 6.10. The summed E-state index contributed by atoms with van der Waals surface area (Å²) in [5.74, 6) is 0.685. The molecule has 0 radical (unpaired) electrons. The molecule has 1 aromatic rings. The highest BCUT2D eigenvalue weighted by molar-refractivity contribution is 5.53. The highest BCUT2D eigenvalue weighted by atomic mass is 16.5. The summed E-state index contributed by atoms with van der Waals surface area (Å²) in [5.41, 5.74) is 0.696. The van der Waals surface area contributed by atoms with Crippen LogP contribution >= 0.6 is 0 Å². The lowest BCUT2D eigenvalue weighted by Crippen LogP contribution is -2.00. The summed E-state index contributed by atoms with van der Waals surface area (Å²) in [6.45, 7) is 0.591. The first-order chi connectivity index (χ1) is 6.86. The van der Waals surface area contributed by atoms with Gasteiger partial charge in [0.05, 0.1) is 12.3 Å². The lowest BCUT2D eigenvalue weighted by atomic mass is 10.3. The van der Waals surface area contributed by atoms with Crippen molar-refractivity contribution in [3.63, 3.8) is 0 Å². The topological polar surface area (TPSA) is 59.4 Å². The molecule has 0 unspecified atom stereocenters. The Morgan fingerprint density at radius 1 is 1.57 bits per heavy atom. The Kier molecular flexibility index (Phi) is 4.64. The molecule has 0 amide bonds. The Hall–Kier alpha value is -1.42. The molecule has 4 heteroatoms. The molecule has 0 bridgehead atoms. The summed E-state index contributed by atoms with van der Waals surface area (Å²) in [4.78, 5) is 14.2. The summed E-state index contributed by atoms with van der Waals surface area (Å²) in [5, 5.41) is 8.54. The first-order valence-corrected chi connectivity index (χ1v) is 4.49. The van der Waals surface area contributed by atoms with Crippen LogP contribution in [0.2, 0.25) is 0 Å². The third-order valence-electron chi connectivity index (χ3n) is 1.65. The molecule has 0 fully saturated rings. The first kappa shape index (κ1) is 10.7. The molecule has 0 aromatic carbocycles. The highest BCUT2D eigenvalue weighted by Gasteiger charge is 1.97. The van der Waals surface area contributed by atoms with Crippen LogP contribution in [0, 0.1) is 0 Å². The van der Waals surface area contributed by atoms with E-state index in [-0.39, 0.29) is 6.61 Å². The second-order valence-electron chi connectivity index (χ2n) is 2.78. The van der Waals surface area contributed by atoms with Crippen molar-refractivity contribution < 1.29 is 14.6 Å². The van der Waals surface area contributed by atoms with Crippen LogP contribution in [0.4, 0.5) is 0 Å². The van der Waals surface area contributed by atoms with Crippen LogP contribution in [0.5, 0.6) is 5.75 Å². The molecule has 0 saturated heterocycles. The van der Waals surface area contributed by atoms with E-state index in [4.69, 9.17) is 9.84 Å². The van der Waals surface area contributed by atoms with Crippen molar-refractivity contribution in [1.82, 2.24) is 4.98 Å². The minimum absolute atomic E-state index is 0.117. The van der Waals surface area contributed by atoms with Gasteiger partial charge in [-0.15, -0.1) is 0 Å². The molecule has 0 spiro atoms. The van der Waals surface area contributed by atoms with Crippen LogP contribution in [0.15, 0.2) is 18.3 Å². The van der Waals surface area contributed by atoms with Crippen molar-refractivity contribution in [2.45, 2.75) is 12.8 Å². The van der Waals surface area contributed by atoms with Gasteiger partial charge in [-0.3, -0.25) is 4.98 Å². The van der Waals surface area contributed by atoms with Gasteiger partial charge in [-0.05, 0) is 6.07 Å². The van der Waals surface area contributed by atoms with Gasteiger partial charge in [0.1, 0.15) is 12.0 Å². The van der Waals surface area contributed by atoms with Crippen molar-refractivity contribution in [3.05, 3.63) is 24.0 Å². The molecule has 4 nitrogen and oxygen atoms in total. The van der Waals surface area contributed by atoms with E-state index in [2.05, 4.69) is 4.98 Å². The highest BCUT2D eigenvalue weighted by Crippen LogP contribution is 2.10. The van der Waals surface area contributed by atoms with Gasteiger partial charge >= 0.3 is 0 Å². The van der Waals surface area contributed by atoms with Gasteiger partial charge in [0, 0.05) is 31.7 Å². The minimum atomic E-state index is 0.117. The van der Waals surface area contributed by atoms with Gasteiger partial charge < -0.3 is 14.6 Å². The molecule has 14 heavy (non-hydrogen) atoms. The van der Waals surface area contributed by atoms with Crippen molar-refractivity contribution in [1.29, 1.82) is 0 Å². The number of carbonyl (C=O) groups is 1. The SMILES string of the molecule is O=CCc1cc(OCCCO)ccn1. The van der Waals surface area contributed by atoms with Crippen LogP contribution in [0.3, 0.4) is 0 Å². The number of aldehydes is 1. The van der Waals surface area contributed by atoms with Gasteiger partial charge in [-0.25, -0.2) is 0 Å². The zero-order valence-electron chi connectivity index (χ0n) is 7.85. The standard InChI is InChI=1S/C10H13NO3/c12-5-1-7-14-10-2-4-11-9(8-10)3-6-13/h2,4,6,8,12H,1,3,5,7H2. The van der Waals surface area contributed by atoms with Crippen LogP contribution in [-0.2, 0) is 11.2 Å². The zero-order chi connectivity index (χ0) is 10.2. The molecule has 0 aliphatic rings. The van der Waals surface area contributed by atoms with Crippen molar-refractivity contribution >= 4 is 6.29 Å². The van der Waals surface area contributed by atoms with E-state index < -0.39 is 0 Å². The van der Waals surface area contributed by atoms with Crippen molar-refractivity contribution in [3.8, 4) is 5.75 Å². The van der Waals surface area contributed by atoms with E-state index in [0.717, 1.165) is 6.29 Å². The maximum absolute atomic E-state index is 10.2. The minimum Gasteiger partial charge on any atom is -0.493 e. The Balaban J connectivity index is 2.50. The third kappa shape index (κ3) is 3.53. The number of nitrogens with zero attached hydrogens (tertiary/aromatic N) is 1. The van der Waals surface area contributed by atoms with E-state index in [9.17, 15) is 4.79 Å². The maximum Gasteiger partial charge on any atom is 0.125 e. The largest absolute Gasteiger partial charge is 0.493 e. The fourth-order valence-corrected chi connectivity index (χ4v) is 0.997. The van der Waals surface area contributed by atoms with Crippen LogP contribution < -0.4 is 4.74 Å². The van der Waals surface area contributed by atoms with Crippen molar-refractivity contribution in [2.75, 3.05) is 13.2 Å². The molecule has 0 aliphatic carbocycles. The number of aliphatic hydroxyl groups is 1. The van der Waals surface area contributed by atoms with E-state index in [0.29, 0.717) is 30.9 Å². The molecular formula is C10H13NO3. The molecule has 1 N–H and O–H groups in total. The number of ether oxygens (including phenoxy) is 1. The normalized spacial score (nSPS) is 9.79. The molecular weight excluding hydrogens is 182 g/mol. The zero-order valence-corrected chi connectivity index (χ0v) is 7.85. The molecule has 1 rings (SSSR count). The number of carbonyl (C=O) groups excluding carboxylic acids is 1. The number of aromatic nitrogens is 1. The Morgan fingerprint density at radius 3 is 3.14 bits per heavy atom. The summed E-state index contributed by atoms with van der Waals surface area (Å²) in [7, 11) is 0. The predicted octanol–water partition coefficient (Wildman–Crippen LogP) is 0.584. The predicted molar refractivity (Wildman–Crippen MR) is 51.2 cm³/mol. The number of hydrogen-bond acceptors (Lipinski definition) is 4. The number of hydrogen-bond donors (Lipinski definition) is 1. The molecule has 1 aromatic heterocycles. The summed E-state index contributed by atoms with van der Waals surface area (Å²) in [6.07, 6.45) is 3.31. The summed E-state index contributed by atoms with van der Waals surface area (Å²) >= 11 is 0. The summed E-state index contributed by atoms with van der Waals surface area (Å²) in [6, 6.07) is 3.46. The monoisotopic (exact) mass is 195 g/mol.